The maximum Gasteiger partial charge on any atom is 0.157 e. The van der Waals surface area contributed by atoms with Gasteiger partial charge in [-0.15, -0.1) is 0 Å². The van der Waals surface area contributed by atoms with Gasteiger partial charge in [0, 0.05) is 13.0 Å². The molecule has 1 heterocycles. The summed E-state index contributed by atoms with van der Waals surface area (Å²) in [6.45, 7) is 0.841. The molecule has 0 aromatic heterocycles. The van der Waals surface area contributed by atoms with Crippen molar-refractivity contribution >= 4 is 38.4 Å². The Labute approximate surface area is 115 Å². The quantitative estimate of drug-likeness (QED) is 0.618. The van der Waals surface area contributed by atoms with Crippen LogP contribution < -0.4 is 10.7 Å². The summed E-state index contributed by atoms with van der Waals surface area (Å²) in [5.41, 5.74) is 6.46. The van der Waals surface area contributed by atoms with E-state index in [1.165, 1.54) is 22.5 Å². The third-order valence-electron chi connectivity index (χ3n) is 3.03. The van der Waals surface area contributed by atoms with Crippen molar-refractivity contribution in [2.75, 3.05) is 11.6 Å². The van der Waals surface area contributed by atoms with Crippen LogP contribution in [0.5, 0.6) is 0 Å². The van der Waals surface area contributed by atoms with Crippen LogP contribution in [0.15, 0.2) is 47.6 Å². The lowest BCUT2D eigenvalue weighted by Crippen LogP contribution is -2.11. The Kier molecular flexibility index (Phi) is 3.13. The smallest absolute Gasteiger partial charge is 0.157 e. The van der Waals surface area contributed by atoms with E-state index in [0.717, 1.165) is 23.7 Å². The molecule has 3 rings (SSSR count). The number of hydrazone groups is 1. The van der Waals surface area contributed by atoms with E-state index in [0.29, 0.717) is 0 Å². The first kappa shape index (κ1) is 12.0. The van der Waals surface area contributed by atoms with Crippen molar-refractivity contribution < 1.29 is 0 Å². The standard InChI is InChI=1S/C14H14N4S/c15-14(16)19-13-7-8-18(17-13)12-6-5-10-3-1-2-4-11(10)9-12/h1-6,9H,7-8H2,(H3,15,16). The van der Waals surface area contributed by atoms with Crippen LogP contribution >= 0.6 is 11.8 Å². The molecule has 0 spiro atoms. The number of nitrogens with one attached hydrogen (secondary N) is 1. The molecule has 2 aromatic rings. The molecule has 4 nitrogen and oxygen atoms in total. The summed E-state index contributed by atoms with van der Waals surface area (Å²) >= 11 is 1.23. The molecular weight excluding hydrogens is 256 g/mol. The van der Waals surface area contributed by atoms with Crippen LogP contribution in [0.1, 0.15) is 6.42 Å². The van der Waals surface area contributed by atoms with Gasteiger partial charge in [0.25, 0.3) is 0 Å². The highest BCUT2D eigenvalue weighted by Gasteiger charge is 2.17. The van der Waals surface area contributed by atoms with Crippen LogP contribution in [0, 0.1) is 5.41 Å². The molecule has 0 radical (unpaired) electrons. The number of anilines is 1. The fourth-order valence-electron chi connectivity index (χ4n) is 2.16. The molecule has 3 N–H and O–H groups in total. The molecule has 0 aliphatic carbocycles. The van der Waals surface area contributed by atoms with Crippen molar-refractivity contribution in [1.82, 2.24) is 0 Å². The number of hydrogen-bond donors (Lipinski definition) is 2. The maximum atomic E-state index is 7.28. The second kappa shape index (κ2) is 4.93. The Bertz CT molecular complexity index is 665. The van der Waals surface area contributed by atoms with Crippen molar-refractivity contribution in [2.45, 2.75) is 6.42 Å². The SMILES string of the molecule is N=C(N)SC1=NN(c2ccc3ccccc3c2)CC1. The third-order valence-corrected chi connectivity index (χ3v) is 3.77. The number of nitrogens with two attached hydrogens (primary N) is 1. The lowest BCUT2D eigenvalue weighted by atomic mass is 10.1. The van der Waals surface area contributed by atoms with Crippen molar-refractivity contribution in [2.24, 2.45) is 10.8 Å². The van der Waals surface area contributed by atoms with Crippen molar-refractivity contribution in [1.29, 1.82) is 5.41 Å². The molecule has 5 heteroatoms. The molecule has 0 amide bonds. The van der Waals surface area contributed by atoms with Gasteiger partial charge in [-0.1, -0.05) is 30.3 Å². The summed E-state index contributed by atoms with van der Waals surface area (Å²) < 4.78 is 0. The lowest BCUT2D eigenvalue weighted by molar-refractivity contribution is 0.923. The first-order valence-corrected chi connectivity index (χ1v) is 6.90. The van der Waals surface area contributed by atoms with Crippen molar-refractivity contribution in [3.63, 3.8) is 0 Å². The van der Waals surface area contributed by atoms with E-state index in [1.54, 1.807) is 0 Å². The van der Waals surface area contributed by atoms with E-state index < -0.39 is 0 Å². The molecule has 96 valence electrons. The third kappa shape index (κ3) is 2.56. The minimum atomic E-state index is 0.0964. The Morgan fingerprint density at radius 2 is 2.00 bits per heavy atom. The van der Waals surface area contributed by atoms with E-state index in [2.05, 4.69) is 35.4 Å². The van der Waals surface area contributed by atoms with Gasteiger partial charge in [-0.25, -0.2) is 0 Å². The molecule has 19 heavy (non-hydrogen) atoms. The average Bonchev–Trinajstić information content (AvgIpc) is 2.86. The topological polar surface area (TPSA) is 65.5 Å². The summed E-state index contributed by atoms with van der Waals surface area (Å²) in [6.07, 6.45) is 0.844. The van der Waals surface area contributed by atoms with Crippen LogP contribution in [0.2, 0.25) is 0 Å². The molecule has 2 aromatic carbocycles. The highest BCUT2D eigenvalue weighted by atomic mass is 32.2. The second-order valence-corrected chi connectivity index (χ2v) is 5.48. The highest BCUT2D eigenvalue weighted by Crippen LogP contribution is 2.26. The van der Waals surface area contributed by atoms with Gasteiger partial charge in [0.1, 0.15) is 5.04 Å². The summed E-state index contributed by atoms with van der Waals surface area (Å²) in [4.78, 5) is 0. The number of nitrogens with zero attached hydrogens (tertiary/aromatic N) is 2. The van der Waals surface area contributed by atoms with Crippen LogP contribution in [-0.2, 0) is 0 Å². The van der Waals surface area contributed by atoms with Crippen LogP contribution in [0.25, 0.3) is 10.8 Å². The fraction of sp³-hybridized carbons (Fsp3) is 0.143. The Morgan fingerprint density at radius 3 is 2.79 bits per heavy atom. The van der Waals surface area contributed by atoms with Gasteiger partial charge in [-0.05, 0) is 34.7 Å². The monoisotopic (exact) mass is 270 g/mol. The number of amidine groups is 1. The molecule has 1 aliphatic rings. The number of fused-ring (bicyclic) bond motifs is 1. The number of hydrogen-bond acceptors (Lipinski definition) is 4. The first-order chi connectivity index (χ1) is 9.22. The Balaban J connectivity index is 1.89. The number of benzene rings is 2. The van der Waals surface area contributed by atoms with Gasteiger partial charge in [0.2, 0.25) is 0 Å². The largest absolute Gasteiger partial charge is 0.378 e. The van der Waals surface area contributed by atoms with Gasteiger partial charge >= 0.3 is 0 Å². The predicted octanol–water partition coefficient (Wildman–Crippen LogP) is 2.99. The maximum absolute atomic E-state index is 7.28. The van der Waals surface area contributed by atoms with Crippen LogP contribution in [-0.4, -0.2) is 16.8 Å². The highest BCUT2D eigenvalue weighted by molar-refractivity contribution is 8.26. The van der Waals surface area contributed by atoms with Gasteiger partial charge < -0.3 is 5.73 Å². The Hall–Kier alpha value is -2.01. The fourth-order valence-corrected chi connectivity index (χ4v) is 2.75. The molecule has 0 saturated carbocycles. The minimum absolute atomic E-state index is 0.0964. The normalized spacial score (nSPS) is 14.7. The molecule has 0 fully saturated rings. The summed E-state index contributed by atoms with van der Waals surface area (Å²) in [6, 6.07) is 14.6. The van der Waals surface area contributed by atoms with E-state index in [4.69, 9.17) is 11.1 Å². The minimum Gasteiger partial charge on any atom is -0.378 e. The van der Waals surface area contributed by atoms with E-state index in [1.807, 2.05) is 17.1 Å². The molecule has 1 aliphatic heterocycles. The zero-order valence-corrected chi connectivity index (χ0v) is 11.2. The molecule has 0 unspecified atom stereocenters. The van der Waals surface area contributed by atoms with E-state index in [-0.39, 0.29) is 5.17 Å². The molecule has 0 bridgehead atoms. The molecular formula is C14H14N4S. The first-order valence-electron chi connectivity index (χ1n) is 6.08. The van der Waals surface area contributed by atoms with E-state index >= 15 is 0 Å². The lowest BCUT2D eigenvalue weighted by Gasteiger charge is -2.14. The summed E-state index contributed by atoms with van der Waals surface area (Å²) in [5.74, 6) is 0. The van der Waals surface area contributed by atoms with Gasteiger partial charge in [0.05, 0.1) is 5.69 Å². The zero-order valence-electron chi connectivity index (χ0n) is 10.3. The summed E-state index contributed by atoms with van der Waals surface area (Å²) in [7, 11) is 0. The van der Waals surface area contributed by atoms with Crippen molar-refractivity contribution in [3.05, 3.63) is 42.5 Å². The van der Waals surface area contributed by atoms with Gasteiger partial charge in [-0.3, -0.25) is 10.4 Å². The van der Waals surface area contributed by atoms with E-state index in [9.17, 15) is 0 Å². The molecule has 0 saturated heterocycles. The average molecular weight is 270 g/mol. The summed E-state index contributed by atoms with van der Waals surface area (Å²) in [5, 5.41) is 17.2. The Morgan fingerprint density at radius 1 is 1.21 bits per heavy atom. The van der Waals surface area contributed by atoms with Gasteiger partial charge in [-0.2, -0.15) is 5.10 Å². The second-order valence-electron chi connectivity index (χ2n) is 4.36. The predicted molar refractivity (Wildman–Crippen MR) is 82.9 cm³/mol. The zero-order chi connectivity index (χ0) is 13.2. The van der Waals surface area contributed by atoms with Crippen LogP contribution in [0.4, 0.5) is 5.69 Å². The van der Waals surface area contributed by atoms with Crippen LogP contribution in [0.3, 0.4) is 0 Å². The molecule has 0 atom stereocenters. The number of thioether (sulfide) groups is 1. The van der Waals surface area contributed by atoms with Crippen molar-refractivity contribution in [3.8, 4) is 0 Å². The van der Waals surface area contributed by atoms with Gasteiger partial charge in [0.15, 0.2) is 5.17 Å². The number of rotatable bonds is 1.